The van der Waals surface area contributed by atoms with Crippen molar-refractivity contribution in [2.45, 2.75) is 37.9 Å². The Kier molecular flexibility index (Phi) is 6.06. The van der Waals surface area contributed by atoms with Crippen LogP contribution in [0, 0.1) is 5.92 Å². The summed E-state index contributed by atoms with van der Waals surface area (Å²) in [5.74, 6) is -0.268. The number of hydrogen-bond acceptors (Lipinski definition) is 3. The van der Waals surface area contributed by atoms with Gasteiger partial charge in [0.05, 0.1) is 6.54 Å². The number of rotatable bonds is 5. The Hall–Kier alpha value is -0.820. The first-order valence-electron chi connectivity index (χ1n) is 6.57. The van der Waals surface area contributed by atoms with Crippen molar-refractivity contribution in [1.82, 2.24) is 10.2 Å². The van der Waals surface area contributed by atoms with Crippen LogP contribution in [-0.4, -0.2) is 49.7 Å². The van der Waals surface area contributed by atoms with Crippen LogP contribution in [0.1, 0.15) is 25.7 Å². The first-order valence-corrected chi connectivity index (χ1v) is 6.57. The third-order valence-electron chi connectivity index (χ3n) is 3.62. The minimum absolute atomic E-state index is 0.0166. The Morgan fingerprint density at radius 3 is 2.58 bits per heavy atom. The lowest BCUT2D eigenvalue weighted by atomic mass is 9.84. The Bertz CT molecular complexity index is 296. The van der Waals surface area contributed by atoms with Crippen molar-refractivity contribution < 1.29 is 18.0 Å². The van der Waals surface area contributed by atoms with Crippen LogP contribution in [0.4, 0.5) is 13.2 Å². The van der Waals surface area contributed by atoms with Crippen LogP contribution in [0.15, 0.2) is 0 Å². The standard InChI is InChI=1S/C12H22F3N3O/c1-18(7-11(19)17-8-12(13,14)15)10-5-3-2-4-9(10)6-16/h9-10H,2-8,16H2,1H3,(H,17,19). The van der Waals surface area contributed by atoms with Gasteiger partial charge in [0.1, 0.15) is 6.54 Å². The highest BCUT2D eigenvalue weighted by Crippen LogP contribution is 2.26. The fourth-order valence-electron chi connectivity index (χ4n) is 2.64. The molecule has 7 heteroatoms. The molecule has 0 aromatic heterocycles. The van der Waals surface area contributed by atoms with Crippen LogP contribution in [0.5, 0.6) is 0 Å². The van der Waals surface area contributed by atoms with E-state index in [4.69, 9.17) is 5.73 Å². The van der Waals surface area contributed by atoms with Crippen LogP contribution in [-0.2, 0) is 4.79 Å². The summed E-state index contributed by atoms with van der Waals surface area (Å²) in [5.41, 5.74) is 5.70. The van der Waals surface area contributed by atoms with Gasteiger partial charge >= 0.3 is 6.18 Å². The van der Waals surface area contributed by atoms with E-state index in [1.165, 1.54) is 0 Å². The fourth-order valence-corrected chi connectivity index (χ4v) is 2.64. The molecule has 2 atom stereocenters. The topological polar surface area (TPSA) is 58.4 Å². The molecule has 1 aliphatic carbocycles. The number of nitrogens with two attached hydrogens (primary N) is 1. The highest BCUT2D eigenvalue weighted by molar-refractivity contribution is 5.78. The number of carbonyl (C=O) groups is 1. The van der Waals surface area contributed by atoms with Crippen molar-refractivity contribution in [2.75, 3.05) is 26.7 Å². The van der Waals surface area contributed by atoms with Crippen molar-refractivity contribution in [3.8, 4) is 0 Å². The SMILES string of the molecule is CN(CC(=O)NCC(F)(F)F)C1CCCCC1CN. The molecule has 0 saturated heterocycles. The van der Waals surface area contributed by atoms with Crippen LogP contribution in [0.3, 0.4) is 0 Å². The monoisotopic (exact) mass is 281 g/mol. The van der Waals surface area contributed by atoms with Gasteiger partial charge in [0.25, 0.3) is 0 Å². The van der Waals surface area contributed by atoms with E-state index in [0.717, 1.165) is 25.7 Å². The predicted octanol–water partition coefficient (Wildman–Crippen LogP) is 1.11. The largest absolute Gasteiger partial charge is 0.405 e. The molecule has 0 spiro atoms. The zero-order valence-corrected chi connectivity index (χ0v) is 11.2. The van der Waals surface area contributed by atoms with Crippen LogP contribution in [0.2, 0.25) is 0 Å². The second-order valence-electron chi connectivity index (χ2n) is 5.15. The van der Waals surface area contributed by atoms with Gasteiger partial charge in [-0.25, -0.2) is 0 Å². The van der Waals surface area contributed by atoms with Gasteiger partial charge in [-0.15, -0.1) is 0 Å². The van der Waals surface area contributed by atoms with Gasteiger partial charge in [-0.1, -0.05) is 12.8 Å². The Balaban J connectivity index is 2.40. The zero-order chi connectivity index (χ0) is 14.5. The molecule has 0 bridgehead atoms. The summed E-state index contributed by atoms with van der Waals surface area (Å²) in [6.07, 6.45) is -0.179. The number of hydrogen-bond donors (Lipinski definition) is 2. The van der Waals surface area contributed by atoms with Crippen molar-refractivity contribution in [3.63, 3.8) is 0 Å². The van der Waals surface area contributed by atoms with Crippen molar-refractivity contribution in [3.05, 3.63) is 0 Å². The first kappa shape index (κ1) is 16.2. The molecule has 4 nitrogen and oxygen atoms in total. The third-order valence-corrected chi connectivity index (χ3v) is 3.62. The second kappa shape index (κ2) is 7.09. The molecule has 0 aliphatic heterocycles. The molecule has 1 aliphatic rings. The molecular formula is C12H22F3N3O. The summed E-state index contributed by atoms with van der Waals surface area (Å²) in [4.78, 5) is 13.3. The molecule has 19 heavy (non-hydrogen) atoms. The van der Waals surface area contributed by atoms with Gasteiger partial charge in [-0.2, -0.15) is 13.2 Å². The number of amides is 1. The highest BCUT2D eigenvalue weighted by atomic mass is 19.4. The maximum Gasteiger partial charge on any atom is 0.405 e. The summed E-state index contributed by atoms with van der Waals surface area (Å²) < 4.78 is 35.9. The van der Waals surface area contributed by atoms with E-state index < -0.39 is 18.6 Å². The van der Waals surface area contributed by atoms with E-state index in [1.54, 1.807) is 7.05 Å². The molecule has 1 fully saturated rings. The highest BCUT2D eigenvalue weighted by Gasteiger charge is 2.30. The van der Waals surface area contributed by atoms with Crippen LogP contribution in [0.25, 0.3) is 0 Å². The summed E-state index contributed by atoms with van der Waals surface area (Å²) >= 11 is 0. The number of likely N-dealkylation sites (N-methyl/N-ethyl adjacent to an activating group) is 1. The lowest BCUT2D eigenvalue weighted by Crippen LogP contribution is -2.48. The summed E-state index contributed by atoms with van der Waals surface area (Å²) in [6, 6.07) is 0.190. The molecule has 1 amide bonds. The Morgan fingerprint density at radius 1 is 1.37 bits per heavy atom. The van der Waals surface area contributed by atoms with Crippen molar-refractivity contribution >= 4 is 5.91 Å². The number of carbonyl (C=O) groups excluding carboxylic acids is 1. The minimum atomic E-state index is -4.36. The van der Waals surface area contributed by atoms with Gasteiger partial charge in [0, 0.05) is 6.04 Å². The van der Waals surface area contributed by atoms with E-state index in [-0.39, 0.29) is 12.6 Å². The minimum Gasteiger partial charge on any atom is -0.346 e. The summed E-state index contributed by atoms with van der Waals surface area (Å²) in [5, 5.41) is 1.89. The quantitative estimate of drug-likeness (QED) is 0.794. The van der Waals surface area contributed by atoms with Gasteiger partial charge in [-0.05, 0) is 32.4 Å². The molecule has 0 radical (unpaired) electrons. The number of alkyl halides is 3. The third kappa shape index (κ3) is 5.78. The maximum atomic E-state index is 12.0. The van der Waals surface area contributed by atoms with E-state index in [2.05, 4.69) is 0 Å². The first-order chi connectivity index (χ1) is 8.83. The van der Waals surface area contributed by atoms with Crippen molar-refractivity contribution in [2.24, 2.45) is 11.7 Å². The predicted molar refractivity (Wildman–Crippen MR) is 66.5 cm³/mol. The molecular weight excluding hydrogens is 259 g/mol. The van der Waals surface area contributed by atoms with Crippen LogP contribution >= 0.6 is 0 Å². The smallest absolute Gasteiger partial charge is 0.346 e. The number of nitrogens with one attached hydrogen (secondary N) is 1. The number of halogens is 3. The molecule has 0 heterocycles. The summed E-state index contributed by atoms with van der Waals surface area (Å²) in [7, 11) is 1.77. The van der Waals surface area contributed by atoms with Gasteiger partial charge in [0.2, 0.25) is 5.91 Å². The molecule has 0 aromatic carbocycles. The zero-order valence-electron chi connectivity index (χ0n) is 11.2. The lowest BCUT2D eigenvalue weighted by Gasteiger charge is -2.37. The van der Waals surface area contributed by atoms with Gasteiger partial charge in [-0.3, -0.25) is 9.69 Å². The van der Waals surface area contributed by atoms with E-state index >= 15 is 0 Å². The summed E-state index contributed by atoms with van der Waals surface area (Å²) in [6.45, 7) is -0.735. The van der Waals surface area contributed by atoms with Crippen molar-refractivity contribution in [1.29, 1.82) is 0 Å². The average Bonchev–Trinajstić information content (AvgIpc) is 2.35. The van der Waals surface area contributed by atoms with Crippen LogP contribution < -0.4 is 11.1 Å². The Morgan fingerprint density at radius 2 is 2.00 bits per heavy atom. The van der Waals surface area contributed by atoms with Gasteiger partial charge < -0.3 is 11.1 Å². The van der Waals surface area contributed by atoms with E-state index in [9.17, 15) is 18.0 Å². The van der Waals surface area contributed by atoms with E-state index in [0.29, 0.717) is 12.5 Å². The average molecular weight is 281 g/mol. The molecule has 2 unspecified atom stereocenters. The normalized spacial score (nSPS) is 24.5. The molecule has 1 saturated carbocycles. The molecule has 3 N–H and O–H groups in total. The second-order valence-corrected chi connectivity index (χ2v) is 5.15. The lowest BCUT2D eigenvalue weighted by molar-refractivity contribution is -0.139. The molecule has 1 rings (SSSR count). The number of nitrogens with zero attached hydrogens (tertiary/aromatic N) is 1. The maximum absolute atomic E-state index is 12.0. The molecule has 0 aromatic rings. The molecule has 112 valence electrons. The van der Waals surface area contributed by atoms with E-state index in [1.807, 2.05) is 10.2 Å². The Labute approximate surface area is 111 Å². The van der Waals surface area contributed by atoms with Gasteiger partial charge in [0.15, 0.2) is 0 Å². The fraction of sp³-hybridized carbons (Fsp3) is 0.917.